The Bertz CT molecular complexity index is 2340. The van der Waals surface area contributed by atoms with E-state index in [-0.39, 0.29) is 5.41 Å². The third-order valence-corrected chi connectivity index (χ3v) is 10.2. The van der Waals surface area contributed by atoms with Crippen molar-refractivity contribution in [3.63, 3.8) is 0 Å². The highest BCUT2D eigenvalue weighted by Gasteiger charge is 2.51. The molecule has 7 aromatic carbocycles. The average Bonchev–Trinajstić information content (AvgIpc) is 3.70. The van der Waals surface area contributed by atoms with Gasteiger partial charge in [0.25, 0.3) is 0 Å². The van der Waals surface area contributed by atoms with Crippen LogP contribution in [0.4, 0.5) is 0 Å². The van der Waals surface area contributed by atoms with Crippen molar-refractivity contribution in [1.82, 2.24) is 4.57 Å². The number of nitrogens with zero attached hydrogens (tertiary/aromatic N) is 1. The second-order valence-electron chi connectivity index (χ2n) is 12.6. The van der Waals surface area contributed by atoms with Crippen LogP contribution in [0.25, 0.3) is 55.2 Å². The predicted octanol–water partition coefficient (Wildman–Crippen LogP) is 11.3. The van der Waals surface area contributed by atoms with Gasteiger partial charge in [0.05, 0.1) is 5.41 Å². The standard InChI is InChI=1S/C32H22.C13H11N/c1-21-9-8-10-22(19-21)23-17-18-27-26-13-4-7-16-30(26)32(31(27)20-23)28-14-5-2-11-24(28)25-12-3-6-15-29(25)32;1-14-12-8-4-2-6-10(12)11-7-3-5-9-13(11)14/h2-20H,1H3;2-9H,1H3. The first-order valence-corrected chi connectivity index (χ1v) is 16.1. The van der Waals surface area contributed by atoms with Crippen molar-refractivity contribution in [3.8, 4) is 33.4 Å². The van der Waals surface area contributed by atoms with Crippen LogP contribution in [-0.2, 0) is 12.5 Å². The highest BCUT2D eigenvalue weighted by Crippen LogP contribution is 2.62. The minimum Gasteiger partial charge on any atom is -0.344 e. The summed E-state index contributed by atoms with van der Waals surface area (Å²) < 4.78 is 2.24. The molecule has 2 aliphatic carbocycles. The molecule has 0 unspecified atom stereocenters. The third-order valence-electron chi connectivity index (χ3n) is 10.2. The fourth-order valence-electron chi connectivity index (χ4n) is 8.22. The van der Waals surface area contributed by atoms with E-state index in [0.29, 0.717) is 0 Å². The number of aryl methyl sites for hydroxylation is 2. The Hall–Kier alpha value is -5.66. The first-order valence-electron chi connectivity index (χ1n) is 16.1. The van der Waals surface area contributed by atoms with Crippen LogP contribution in [0.1, 0.15) is 27.8 Å². The van der Waals surface area contributed by atoms with Crippen molar-refractivity contribution in [2.75, 3.05) is 0 Å². The number of rotatable bonds is 1. The smallest absolute Gasteiger partial charge is 0.0725 e. The van der Waals surface area contributed by atoms with E-state index in [1.54, 1.807) is 0 Å². The normalized spacial score (nSPS) is 13.2. The lowest BCUT2D eigenvalue weighted by molar-refractivity contribution is 0.794. The summed E-state index contributed by atoms with van der Waals surface area (Å²) in [5, 5.41) is 2.68. The number of aromatic nitrogens is 1. The van der Waals surface area contributed by atoms with E-state index < -0.39 is 0 Å². The molecule has 0 N–H and O–H groups in total. The Labute approximate surface area is 270 Å². The third kappa shape index (κ3) is 3.69. The molecule has 1 aromatic heterocycles. The number of benzene rings is 7. The molecule has 0 saturated carbocycles. The molecule has 0 bridgehead atoms. The Balaban J connectivity index is 0.000000174. The zero-order valence-electron chi connectivity index (χ0n) is 26.0. The van der Waals surface area contributed by atoms with Gasteiger partial charge in [0.2, 0.25) is 0 Å². The lowest BCUT2D eigenvalue weighted by Gasteiger charge is -2.30. The van der Waals surface area contributed by atoms with Gasteiger partial charge in [0.1, 0.15) is 0 Å². The summed E-state index contributed by atoms with van der Waals surface area (Å²) in [4.78, 5) is 0. The van der Waals surface area contributed by atoms with Gasteiger partial charge in [-0.05, 0) is 80.8 Å². The molecule has 0 atom stereocenters. The fourth-order valence-corrected chi connectivity index (χ4v) is 8.22. The first-order chi connectivity index (χ1) is 22.7. The van der Waals surface area contributed by atoms with Crippen molar-refractivity contribution >= 4 is 21.8 Å². The van der Waals surface area contributed by atoms with Crippen molar-refractivity contribution in [1.29, 1.82) is 0 Å². The first kappa shape index (κ1) is 26.7. The van der Waals surface area contributed by atoms with Gasteiger partial charge >= 0.3 is 0 Å². The van der Waals surface area contributed by atoms with Crippen LogP contribution in [-0.4, -0.2) is 4.57 Å². The van der Waals surface area contributed by atoms with E-state index in [9.17, 15) is 0 Å². The average molecular weight is 588 g/mol. The van der Waals surface area contributed by atoms with Gasteiger partial charge in [-0.1, -0.05) is 151 Å². The van der Waals surface area contributed by atoms with Gasteiger partial charge in [-0.2, -0.15) is 0 Å². The highest BCUT2D eigenvalue weighted by molar-refractivity contribution is 6.07. The Kier molecular flexibility index (Phi) is 5.92. The maximum atomic E-state index is 2.45. The van der Waals surface area contributed by atoms with Gasteiger partial charge in [-0.25, -0.2) is 0 Å². The number of fused-ring (bicyclic) bond motifs is 13. The molecular formula is C45H33N. The molecule has 8 aromatic rings. The van der Waals surface area contributed by atoms with Gasteiger partial charge in [-0.15, -0.1) is 0 Å². The maximum absolute atomic E-state index is 2.45. The number of hydrogen-bond acceptors (Lipinski definition) is 0. The van der Waals surface area contributed by atoms with Crippen LogP contribution in [0.5, 0.6) is 0 Å². The quantitative estimate of drug-likeness (QED) is 0.180. The van der Waals surface area contributed by atoms with E-state index >= 15 is 0 Å². The molecule has 1 spiro atoms. The molecular weight excluding hydrogens is 555 g/mol. The summed E-state index contributed by atoms with van der Waals surface area (Å²) in [5.74, 6) is 0. The van der Waals surface area contributed by atoms with Gasteiger partial charge in [-0.3, -0.25) is 0 Å². The van der Waals surface area contributed by atoms with Crippen molar-refractivity contribution in [2.45, 2.75) is 12.3 Å². The summed E-state index contributed by atoms with van der Waals surface area (Å²) in [6.45, 7) is 2.16. The van der Waals surface area contributed by atoms with E-state index in [0.717, 1.165) is 0 Å². The lowest BCUT2D eigenvalue weighted by atomic mass is 9.70. The van der Waals surface area contributed by atoms with Gasteiger partial charge < -0.3 is 4.57 Å². The second kappa shape index (κ2) is 10.2. The summed E-state index contributed by atoms with van der Waals surface area (Å²) >= 11 is 0. The molecule has 1 heteroatoms. The Morgan fingerprint density at radius 3 is 1.39 bits per heavy atom. The van der Waals surface area contributed by atoms with Crippen molar-refractivity contribution in [3.05, 3.63) is 192 Å². The SMILES string of the molecule is Cc1cccc(-c2ccc3c(c2)C2(c4ccccc4-c4ccccc42)c2ccccc2-3)c1.Cn1c2ccccc2c2ccccc21. The summed E-state index contributed by atoms with van der Waals surface area (Å²) in [6, 6.07) is 59.9. The maximum Gasteiger partial charge on any atom is 0.0725 e. The zero-order valence-corrected chi connectivity index (χ0v) is 26.0. The number of hydrogen-bond donors (Lipinski definition) is 0. The summed E-state index contributed by atoms with van der Waals surface area (Å²) in [7, 11) is 2.12. The minimum absolute atomic E-state index is 0.265. The fraction of sp³-hybridized carbons (Fsp3) is 0.0667. The van der Waals surface area contributed by atoms with E-state index in [1.807, 2.05) is 0 Å². The molecule has 0 amide bonds. The zero-order chi connectivity index (χ0) is 30.8. The van der Waals surface area contributed by atoms with Crippen LogP contribution in [0, 0.1) is 6.92 Å². The predicted molar refractivity (Wildman–Crippen MR) is 193 cm³/mol. The van der Waals surface area contributed by atoms with E-state index in [1.165, 1.54) is 83.0 Å². The lowest BCUT2D eigenvalue weighted by Crippen LogP contribution is -2.25. The second-order valence-corrected chi connectivity index (χ2v) is 12.6. The molecule has 1 heterocycles. The molecule has 1 nitrogen and oxygen atoms in total. The van der Waals surface area contributed by atoms with Crippen molar-refractivity contribution < 1.29 is 0 Å². The molecule has 218 valence electrons. The molecule has 2 aliphatic rings. The molecule has 0 radical (unpaired) electrons. The molecule has 0 aliphatic heterocycles. The van der Waals surface area contributed by atoms with Gasteiger partial charge in [0, 0.05) is 28.9 Å². The van der Waals surface area contributed by atoms with E-state index in [4.69, 9.17) is 0 Å². The number of para-hydroxylation sites is 2. The van der Waals surface area contributed by atoms with Crippen LogP contribution in [0.3, 0.4) is 0 Å². The van der Waals surface area contributed by atoms with Crippen LogP contribution >= 0.6 is 0 Å². The van der Waals surface area contributed by atoms with Crippen molar-refractivity contribution in [2.24, 2.45) is 7.05 Å². The summed E-state index contributed by atoms with van der Waals surface area (Å²) in [6.07, 6.45) is 0. The molecule has 0 fully saturated rings. The summed E-state index contributed by atoms with van der Waals surface area (Å²) in [5.41, 5.74) is 17.2. The molecule has 46 heavy (non-hydrogen) atoms. The minimum atomic E-state index is -0.265. The van der Waals surface area contributed by atoms with Crippen LogP contribution < -0.4 is 0 Å². The van der Waals surface area contributed by atoms with Gasteiger partial charge in [0.15, 0.2) is 0 Å². The largest absolute Gasteiger partial charge is 0.344 e. The van der Waals surface area contributed by atoms with Crippen LogP contribution in [0.15, 0.2) is 164 Å². The van der Waals surface area contributed by atoms with E-state index in [2.05, 4.69) is 182 Å². The Morgan fingerprint density at radius 1 is 0.391 bits per heavy atom. The topological polar surface area (TPSA) is 4.93 Å². The monoisotopic (exact) mass is 587 g/mol. The molecule has 0 saturated heterocycles. The highest BCUT2D eigenvalue weighted by atomic mass is 14.9. The molecule has 10 rings (SSSR count). The Morgan fingerprint density at radius 2 is 0.848 bits per heavy atom. The van der Waals surface area contributed by atoms with Crippen LogP contribution in [0.2, 0.25) is 0 Å².